The molecule has 1 rings (SSSR count). The summed E-state index contributed by atoms with van der Waals surface area (Å²) in [4.78, 5) is 22.9. The van der Waals surface area contributed by atoms with Crippen LogP contribution in [0.25, 0.3) is 0 Å². The zero-order valence-corrected chi connectivity index (χ0v) is 13.5. The second-order valence-corrected chi connectivity index (χ2v) is 6.34. The predicted molar refractivity (Wildman–Crippen MR) is 82.0 cm³/mol. The first-order valence-electron chi connectivity index (χ1n) is 8.47. The molecular weight excluding hydrogens is 268 g/mol. The third kappa shape index (κ3) is 6.96. The molecule has 1 N–H and O–H groups in total. The Hall–Kier alpha value is -1.06. The molecule has 0 aromatic rings. The van der Waals surface area contributed by atoms with Gasteiger partial charge >= 0.3 is 11.9 Å². The number of hydrogen-bond acceptors (Lipinski definition) is 3. The number of ether oxygens (including phenoxy) is 1. The Balaban J connectivity index is 2.16. The van der Waals surface area contributed by atoms with Crippen LogP contribution in [0.4, 0.5) is 0 Å². The van der Waals surface area contributed by atoms with Gasteiger partial charge in [-0.25, -0.2) is 0 Å². The number of esters is 1. The average molecular weight is 298 g/mol. The van der Waals surface area contributed by atoms with Crippen molar-refractivity contribution in [1.29, 1.82) is 0 Å². The molecule has 1 unspecified atom stereocenters. The van der Waals surface area contributed by atoms with Gasteiger partial charge in [-0.1, -0.05) is 32.6 Å². The first-order chi connectivity index (χ1) is 10.0. The average Bonchev–Trinajstić information content (AvgIpc) is 2.47. The summed E-state index contributed by atoms with van der Waals surface area (Å²) in [6, 6.07) is 0. The summed E-state index contributed by atoms with van der Waals surface area (Å²) in [6.45, 7) is 4.16. The van der Waals surface area contributed by atoms with Crippen molar-refractivity contribution < 1.29 is 19.4 Å². The maximum absolute atomic E-state index is 12.1. The molecule has 1 saturated carbocycles. The molecule has 0 spiro atoms. The third-order valence-electron chi connectivity index (χ3n) is 4.44. The molecule has 21 heavy (non-hydrogen) atoms. The third-order valence-corrected chi connectivity index (χ3v) is 4.44. The molecular formula is C17H30O4. The first kappa shape index (κ1) is 18.0. The van der Waals surface area contributed by atoms with Gasteiger partial charge in [0, 0.05) is 0 Å². The summed E-state index contributed by atoms with van der Waals surface area (Å²) in [7, 11) is 0. The fraction of sp³-hybridized carbons (Fsp3) is 0.882. The lowest BCUT2D eigenvalue weighted by Crippen LogP contribution is -2.29. The normalized spacial score (nSPS) is 23.5. The molecule has 0 aromatic heterocycles. The number of unbranched alkanes of at least 4 members (excludes halogenated alkanes) is 4. The van der Waals surface area contributed by atoms with E-state index in [0.717, 1.165) is 12.8 Å². The van der Waals surface area contributed by atoms with Gasteiger partial charge in [-0.3, -0.25) is 9.59 Å². The van der Waals surface area contributed by atoms with Gasteiger partial charge in [0.05, 0.1) is 17.9 Å². The summed E-state index contributed by atoms with van der Waals surface area (Å²) in [5.74, 6) is -1.23. The van der Waals surface area contributed by atoms with E-state index in [1.54, 1.807) is 0 Å². The maximum atomic E-state index is 12.1. The van der Waals surface area contributed by atoms with Crippen LogP contribution >= 0.6 is 0 Å². The van der Waals surface area contributed by atoms with Gasteiger partial charge in [-0.15, -0.1) is 0 Å². The number of aliphatic carboxylic acids is 1. The standard InChI is InChI=1S/C17H30O4/c1-3-4-5-6-7-8-13(2)21-17(20)15-11-9-14(10-12-15)16(18)19/h13-15H,3-12H2,1-2H3,(H,18,19). The molecule has 0 saturated heterocycles. The van der Waals surface area contributed by atoms with Crippen LogP contribution in [0.3, 0.4) is 0 Å². The van der Waals surface area contributed by atoms with Crippen LogP contribution in [-0.4, -0.2) is 23.1 Å². The number of rotatable bonds is 9. The van der Waals surface area contributed by atoms with Crippen molar-refractivity contribution in [3.05, 3.63) is 0 Å². The first-order valence-corrected chi connectivity index (χ1v) is 8.47. The molecule has 0 amide bonds. The lowest BCUT2D eigenvalue weighted by molar-refractivity contribution is -0.156. The number of carbonyl (C=O) groups is 2. The number of carboxylic acid groups (broad SMARTS) is 1. The molecule has 0 radical (unpaired) electrons. The molecule has 0 bridgehead atoms. The minimum absolute atomic E-state index is 0.0173. The molecule has 0 aromatic carbocycles. The smallest absolute Gasteiger partial charge is 0.309 e. The monoisotopic (exact) mass is 298 g/mol. The van der Waals surface area contributed by atoms with Crippen LogP contribution in [0.1, 0.15) is 78.1 Å². The van der Waals surface area contributed by atoms with E-state index in [-0.39, 0.29) is 23.9 Å². The molecule has 122 valence electrons. The highest BCUT2D eigenvalue weighted by Crippen LogP contribution is 2.30. The van der Waals surface area contributed by atoms with Gasteiger partial charge in [-0.2, -0.15) is 0 Å². The van der Waals surface area contributed by atoms with Crippen LogP contribution < -0.4 is 0 Å². The fourth-order valence-electron chi connectivity index (χ4n) is 2.96. The highest BCUT2D eigenvalue weighted by atomic mass is 16.5. The van der Waals surface area contributed by atoms with Crippen LogP contribution in [-0.2, 0) is 14.3 Å². The van der Waals surface area contributed by atoms with Gasteiger partial charge in [0.1, 0.15) is 0 Å². The predicted octanol–water partition coefficient (Wildman–Crippen LogP) is 4.17. The van der Waals surface area contributed by atoms with Crippen LogP contribution in [0, 0.1) is 11.8 Å². The SMILES string of the molecule is CCCCCCCC(C)OC(=O)C1CCC(C(=O)O)CC1. The fourth-order valence-corrected chi connectivity index (χ4v) is 2.96. The Morgan fingerprint density at radius 2 is 1.62 bits per heavy atom. The summed E-state index contributed by atoms with van der Waals surface area (Å²) < 4.78 is 5.51. The van der Waals surface area contributed by atoms with Crippen molar-refractivity contribution in [3.8, 4) is 0 Å². The quantitative estimate of drug-likeness (QED) is 0.512. The van der Waals surface area contributed by atoms with Crippen molar-refractivity contribution in [2.45, 2.75) is 84.2 Å². The lowest BCUT2D eigenvalue weighted by Gasteiger charge is -2.25. The summed E-state index contributed by atoms with van der Waals surface area (Å²) in [6.07, 6.45) is 9.51. The molecule has 0 heterocycles. The number of carboxylic acids is 1. The van der Waals surface area contributed by atoms with Crippen molar-refractivity contribution in [2.75, 3.05) is 0 Å². The minimum atomic E-state index is -0.734. The Labute approximate surface area is 128 Å². The highest BCUT2D eigenvalue weighted by Gasteiger charge is 2.31. The van der Waals surface area contributed by atoms with E-state index in [9.17, 15) is 9.59 Å². The van der Waals surface area contributed by atoms with Crippen LogP contribution in [0.15, 0.2) is 0 Å². The van der Waals surface area contributed by atoms with E-state index >= 15 is 0 Å². The van der Waals surface area contributed by atoms with E-state index in [1.165, 1.54) is 25.7 Å². The Morgan fingerprint density at radius 3 is 2.19 bits per heavy atom. The number of carbonyl (C=O) groups excluding carboxylic acids is 1. The van der Waals surface area contributed by atoms with Crippen molar-refractivity contribution >= 4 is 11.9 Å². The lowest BCUT2D eigenvalue weighted by atomic mass is 9.82. The Morgan fingerprint density at radius 1 is 1.05 bits per heavy atom. The van der Waals surface area contributed by atoms with Gasteiger partial charge < -0.3 is 9.84 Å². The zero-order chi connectivity index (χ0) is 15.7. The molecule has 1 atom stereocenters. The molecule has 4 heteroatoms. The summed E-state index contributed by atoms with van der Waals surface area (Å²) >= 11 is 0. The van der Waals surface area contributed by atoms with E-state index in [1.807, 2.05) is 6.92 Å². The van der Waals surface area contributed by atoms with E-state index in [4.69, 9.17) is 9.84 Å². The van der Waals surface area contributed by atoms with E-state index in [0.29, 0.717) is 25.7 Å². The number of hydrogen-bond donors (Lipinski definition) is 1. The van der Waals surface area contributed by atoms with Crippen molar-refractivity contribution in [2.24, 2.45) is 11.8 Å². The largest absolute Gasteiger partial charge is 0.481 e. The summed E-state index contributed by atoms with van der Waals surface area (Å²) in [5, 5.41) is 8.95. The minimum Gasteiger partial charge on any atom is -0.481 e. The van der Waals surface area contributed by atoms with E-state index in [2.05, 4.69) is 6.92 Å². The molecule has 4 nitrogen and oxygen atoms in total. The molecule has 1 fully saturated rings. The zero-order valence-electron chi connectivity index (χ0n) is 13.5. The van der Waals surface area contributed by atoms with Gasteiger partial charge in [0.25, 0.3) is 0 Å². The Kier molecular flexibility index (Phi) is 8.40. The van der Waals surface area contributed by atoms with Crippen molar-refractivity contribution in [3.63, 3.8) is 0 Å². The second-order valence-electron chi connectivity index (χ2n) is 6.34. The van der Waals surface area contributed by atoms with Gasteiger partial charge in [0.2, 0.25) is 0 Å². The van der Waals surface area contributed by atoms with Crippen molar-refractivity contribution in [1.82, 2.24) is 0 Å². The molecule has 1 aliphatic rings. The Bertz CT molecular complexity index is 319. The van der Waals surface area contributed by atoms with Gasteiger partial charge in [0.15, 0.2) is 0 Å². The van der Waals surface area contributed by atoms with E-state index < -0.39 is 5.97 Å². The topological polar surface area (TPSA) is 63.6 Å². The van der Waals surface area contributed by atoms with Crippen LogP contribution in [0.5, 0.6) is 0 Å². The van der Waals surface area contributed by atoms with Gasteiger partial charge in [-0.05, 0) is 45.4 Å². The highest BCUT2D eigenvalue weighted by molar-refractivity contribution is 5.74. The molecule has 1 aliphatic carbocycles. The van der Waals surface area contributed by atoms with Crippen LogP contribution in [0.2, 0.25) is 0 Å². The summed E-state index contributed by atoms with van der Waals surface area (Å²) in [5.41, 5.74) is 0. The maximum Gasteiger partial charge on any atom is 0.309 e. The second kappa shape index (κ2) is 9.80. The molecule has 0 aliphatic heterocycles.